The molecule has 2 heteroatoms. The molecular formula is C13H19NO. The lowest BCUT2D eigenvalue weighted by Gasteiger charge is -2.10. The van der Waals surface area contributed by atoms with E-state index in [1.165, 1.54) is 19.3 Å². The Morgan fingerprint density at radius 2 is 2.47 bits per heavy atom. The van der Waals surface area contributed by atoms with E-state index in [-0.39, 0.29) is 0 Å². The Hall–Kier alpha value is -1.02. The summed E-state index contributed by atoms with van der Waals surface area (Å²) in [5.74, 6) is 1.92. The highest BCUT2D eigenvalue weighted by Gasteiger charge is 2.22. The van der Waals surface area contributed by atoms with Crippen LogP contribution in [0.5, 0.6) is 0 Å². The molecule has 0 saturated heterocycles. The molecule has 1 aliphatic rings. The van der Waals surface area contributed by atoms with Gasteiger partial charge >= 0.3 is 0 Å². The van der Waals surface area contributed by atoms with Gasteiger partial charge in [-0.3, -0.25) is 0 Å². The SMILES string of the molecule is CC(CC1CC1)NC/C=C/c1ccco1. The van der Waals surface area contributed by atoms with Crippen LogP contribution in [0, 0.1) is 5.92 Å². The van der Waals surface area contributed by atoms with E-state index in [1.807, 2.05) is 18.2 Å². The Bertz CT molecular complexity index is 298. The Kier molecular flexibility index (Phi) is 3.62. The maximum atomic E-state index is 5.20. The Balaban J connectivity index is 1.61. The van der Waals surface area contributed by atoms with Gasteiger partial charge in [-0.1, -0.05) is 18.9 Å². The van der Waals surface area contributed by atoms with E-state index in [0.717, 1.165) is 18.2 Å². The molecule has 0 aliphatic heterocycles. The van der Waals surface area contributed by atoms with Gasteiger partial charge in [-0.25, -0.2) is 0 Å². The lowest BCUT2D eigenvalue weighted by molar-refractivity contribution is 0.511. The van der Waals surface area contributed by atoms with Crippen LogP contribution in [0.25, 0.3) is 6.08 Å². The first-order chi connectivity index (χ1) is 7.34. The largest absolute Gasteiger partial charge is 0.465 e. The van der Waals surface area contributed by atoms with Crippen LogP contribution in [0.2, 0.25) is 0 Å². The third kappa shape index (κ3) is 3.92. The molecule has 1 atom stereocenters. The standard InChI is InChI=1S/C13H19NO/c1-11(10-12-6-7-12)14-8-2-4-13-5-3-9-15-13/h2-5,9,11-12,14H,6-8,10H2,1H3/b4-2+. The molecular weight excluding hydrogens is 186 g/mol. The molecule has 1 aromatic heterocycles. The number of nitrogens with one attached hydrogen (secondary N) is 1. The van der Waals surface area contributed by atoms with Crippen LogP contribution in [-0.2, 0) is 0 Å². The van der Waals surface area contributed by atoms with E-state index >= 15 is 0 Å². The summed E-state index contributed by atoms with van der Waals surface area (Å²) in [7, 11) is 0. The highest BCUT2D eigenvalue weighted by molar-refractivity contribution is 5.42. The Morgan fingerprint density at radius 1 is 1.60 bits per heavy atom. The van der Waals surface area contributed by atoms with E-state index in [2.05, 4.69) is 18.3 Å². The third-order valence-corrected chi connectivity index (χ3v) is 2.79. The second-order valence-corrected chi connectivity index (χ2v) is 4.41. The average molecular weight is 205 g/mol. The van der Waals surface area contributed by atoms with Crippen LogP contribution in [0.3, 0.4) is 0 Å². The summed E-state index contributed by atoms with van der Waals surface area (Å²) in [4.78, 5) is 0. The Morgan fingerprint density at radius 3 is 3.13 bits per heavy atom. The molecule has 1 N–H and O–H groups in total. The molecule has 2 nitrogen and oxygen atoms in total. The minimum atomic E-state index is 0.638. The van der Waals surface area contributed by atoms with Crippen molar-refractivity contribution in [2.45, 2.75) is 32.2 Å². The molecule has 1 heterocycles. The van der Waals surface area contributed by atoms with Crippen molar-refractivity contribution in [2.24, 2.45) is 5.92 Å². The molecule has 1 fully saturated rings. The zero-order chi connectivity index (χ0) is 10.5. The minimum Gasteiger partial charge on any atom is -0.465 e. The van der Waals surface area contributed by atoms with Crippen LogP contribution in [0.1, 0.15) is 31.9 Å². The lowest BCUT2D eigenvalue weighted by atomic mass is 10.1. The first-order valence-electron chi connectivity index (χ1n) is 5.78. The summed E-state index contributed by atoms with van der Waals surface area (Å²) in [5, 5.41) is 3.49. The lowest BCUT2D eigenvalue weighted by Crippen LogP contribution is -2.26. The molecule has 2 rings (SSSR count). The predicted octanol–water partition coefficient (Wildman–Crippen LogP) is 3.07. The fraction of sp³-hybridized carbons (Fsp3) is 0.538. The van der Waals surface area contributed by atoms with E-state index in [4.69, 9.17) is 4.42 Å². The van der Waals surface area contributed by atoms with Crippen molar-refractivity contribution in [3.63, 3.8) is 0 Å². The summed E-state index contributed by atoms with van der Waals surface area (Å²) in [6, 6.07) is 4.51. The molecule has 15 heavy (non-hydrogen) atoms. The van der Waals surface area contributed by atoms with E-state index in [1.54, 1.807) is 6.26 Å². The summed E-state index contributed by atoms with van der Waals surface area (Å²) in [6.45, 7) is 3.19. The van der Waals surface area contributed by atoms with Crippen molar-refractivity contribution < 1.29 is 4.42 Å². The van der Waals surface area contributed by atoms with E-state index in [0.29, 0.717) is 6.04 Å². The van der Waals surface area contributed by atoms with E-state index in [9.17, 15) is 0 Å². The molecule has 1 aromatic rings. The maximum Gasteiger partial charge on any atom is 0.126 e. The molecule has 0 aromatic carbocycles. The van der Waals surface area contributed by atoms with Crippen molar-refractivity contribution in [2.75, 3.05) is 6.54 Å². The molecule has 1 unspecified atom stereocenters. The predicted molar refractivity (Wildman–Crippen MR) is 62.5 cm³/mol. The quantitative estimate of drug-likeness (QED) is 0.772. The van der Waals surface area contributed by atoms with Gasteiger partial charge in [-0.15, -0.1) is 0 Å². The second kappa shape index (κ2) is 5.17. The van der Waals surface area contributed by atoms with Gasteiger partial charge in [0.15, 0.2) is 0 Å². The van der Waals surface area contributed by atoms with Crippen LogP contribution in [-0.4, -0.2) is 12.6 Å². The zero-order valence-corrected chi connectivity index (χ0v) is 9.28. The van der Waals surface area contributed by atoms with Gasteiger partial charge in [-0.2, -0.15) is 0 Å². The fourth-order valence-electron chi connectivity index (χ4n) is 1.77. The highest BCUT2D eigenvalue weighted by Crippen LogP contribution is 2.33. The number of hydrogen-bond donors (Lipinski definition) is 1. The highest BCUT2D eigenvalue weighted by atomic mass is 16.3. The van der Waals surface area contributed by atoms with Gasteiger partial charge in [0.25, 0.3) is 0 Å². The van der Waals surface area contributed by atoms with Crippen LogP contribution >= 0.6 is 0 Å². The molecule has 0 amide bonds. The van der Waals surface area contributed by atoms with Gasteiger partial charge < -0.3 is 9.73 Å². The third-order valence-electron chi connectivity index (χ3n) is 2.79. The van der Waals surface area contributed by atoms with Crippen molar-refractivity contribution in [1.29, 1.82) is 0 Å². The number of furan rings is 1. The molecule has 0 radical (unpaired) electrons. The number of rotatable bonds is 6. The van der Waals surface area contributed by atoms with Crippen LogP contribution in [0.4, 0.5) is 0 Å². The van der Waals surface area contributed by atoms with Crippen molar-refractivity contribution in [3.8, 4) is 0 Å². The second-order valence-electron chi connectivity index (χ2n) is 4.41. The summed E-state index contributed by atoms with van der Waals surface area (Å²) in [6.07, 6.45) is 10.0. The van der Waals surface area contributed by atoms with Gasteiger partial charge in [0, 0.05) is 12.6 Å². The molecule has 0 bridgehead atoms. The normalized spacial score (nSPS) is 18.5. The first kappa shape index (κ1) is 10.5. The summed E-state index contributed by atoms with van der Waals surface area (Å²) >= 11 is 0. The zero-order valence-electron chi connectivity index (χ0n) is 9.28. The monoisotopic (exact) mass is 205 g/mol. The Labute approximate surface area is 91.4 Å². The van der Waals surface area contributed by atoms with Gasteiger partial charge in [0.2, 0.25) is 0 Å². The molecule has 1 saturated carbocycles. The van der Waals surface area contributed by atoms with Gasteiger partial charge in [0.1, 0.15) is 5.76 Å². The fourth-order valence-corrected chi connectivity index (χ4v) is 1.77. The van der Waals surface area contributed by atoms with Gasteiger partial charge in [0.05, 0.1) is 6.26 Å². The van der Waals surface area contributed by atoms with Crippen molar-refractivity contribution >= 4 is 6.08 Å². The smallest absolute Gasteiger partial charge is 0.126 e. The maximum absolute atomic E-state index is 5.20. The topological polar surface area (TPSA) is 25.2 Å². The van der Waals surface area contributed by atoms with Crippen LogP contribution < -0.4 is 5.32 Å². The first-order valence-corrected chi connectivity index (χ1v) is 5.78. The van der Waals surface area contributed by atoms with Crippen molar-refractivity contribution in [3.05, 3.63) is 30.2 Å². The van der Waals surface area contributed by atoms with Gasteiger partial charge in [-0.05, 0) is 37.5 Å². The molecule has 82 valence electrons. The van der Waals surface area contributed by atoms with Crippen LogP contribution in [0.15, 0.2) is 28.9 Å². The summed E-state index contributed by atoms with van der Waals surface area (Å²) in [5.41, 5.74) is 0. The summed E-state index contributed by atoms with van der Waals surface area (Å²) < 4.78 is 5.20. The molecule has 0 spiro atoms. The molecule has 1 aliphatic carbocycles. The minimum absolute atomic E-state index is 0.638. The number of hydrogen-bond acceptors (Lipinski definition) is 2. The van der Waals surface area contributed by atoms with Crippen molar-refractivity contribution in [1.82, 2.24) is 5.32 Å². The average Bonchev–Trinajstić information content (AvgIpc) is 2.87. The van der Waals surface area contributed by atoms with E-state index < -0.39 is 0 Å².